The van der Waals surface area contributed by atoms with Crippen LogP contribution in [0.15, 0.2) is 54.6 Å². The molecular formula is C23H29N3O2. The molecule has 1 aliphatic heterocycles. The highest BCUT2D eigenvalue weighted by Gasteiger charge is 2.39. The van der Waals surface area contributed by atoms with Crippen LogP contribution in [0.4, 0.5) is 5.69 Å². The van der Waals surface area contributed by atoms with Crippen LogP contribution in [0.5, 0.6) is 0 Å². The first-order valence-electron chi connectivity index (χ1n) is 9.78. The molecule has 1 unspecified atom stereocenters. The summed E-state index contributed by atoms with van der Waals surface area (Å²) in [6.45, 7) is 3.60. The molecule has 3 rings (SSSR count). The molecule has 1 fully saturated rings. The van der Waals surface area contributed by atoms with Crippen LogP contribution in [-0.4, -0.2) is 43.9 Å². The van der Waals surface area contributed by atoms with Crippen molar-refractivity contribution in [3.05, 3.63) is 65.7 Å². The molecule has 0 saturated carbocycles. The number of nitrogens with zero attached hydrogens (tertiary/aromatic N) is 2. The smallest absolute Gasteiger partial charge is 0.253 e. The van der Waals surface area contributed by atoms with Crippen LogP contribution in [0.1, 0.15) is 35.7 Å². The molecule has 5 heteroatoms. The standard InChI is InChI=1S/C23H29N3O2/c1-23(22(28)24-16-18-9-5-4-6-10-18)13-8-14-26(17-23)21(27)19-11-7-12-20(15-19)25(2)3/h4-7,9-12,15H,8,13-14,16-17H2,1-3H3,(H,24,28). The SMILES string of the molecule is CN(C)c1cccc(C(=O)N2CCCC(C)(C(=O)NCc3ccccc3)C2)c1. The molecule has 0 aromatic heterocycles. The number of carbonyl (C=O) groups is 2. The molecule has 1 saturated heterocycles. The van der Waals surface area contributed by atoms with Crippen LogP contribution < -0.4 is 10.2 Å². The summed E-state index contributed by atoms with van der Waals surface area (Å²) in [6.07, 6.45) is 1.61. The monoisotopic (exact) mass is 379 g/mol. The predicted molar refractivity (Wildman–Crippen MR) is 112 cm³/mol. The molecule has 2 aromatic rings. The molecule has 0 bridgehead atoms. The molecular weight excluding hydrogens is 350 g/mol. The largest absolute Gasteiger partial charge is 0.378 e. The third kappa shape index (κ3) is 4.53. The molecule has 1 N–H and O–H groups in total. The summed E-state index contributed by atoms with van der Waals surface area (Å²) in [5, 5.41) is 3.05. The van der Waals surface area contributed by atoms with Gasteiger partial charge in [-0.1, -0.05) is 36.4 Å². The molecule has 1 atom stereocenters. The third-order valence-corrected chi connectivity index (χ3v) is 5.44. The lowest BCUT2D eigenvalue weighted by atomic mass is 9.80. The number of benzene rings is 2. The maximum Gasteiger partial charge on any atom is 0.253 e. The van der Waals surface area contributed by atoms with Crippen molar-refractivity contribution >= 4 is 17.5 Å². The average molecular weight is 380 g/mol. The number of nitrogens with one attached hydrogen (secondary N) is 1. The molecule has 148 valence electrons. The lowest BCUT2D eigenvalue weighted by Gasteiger charge is -2.39. The number of likely N-dealkylation sites (tertiary alicyclic amines) is 1. The van der Waals surface area contributed by atoms with Gasteiger partial charge in [0.1, 0.15) is 0 Å². The van der Waals surface area contributed by atoms with Gasteiger partial charge in [-0.3, -0.25) is 9.59 Å². The third-order valence-electron chi connectivity index (χ3n) is 5.44. The minimum absolute atomic E-state index is 0.00881. The van der Waals surface area contributed by atoms with Crippen molar-refractivity contribution in [1.82, 2.24) is 10.2 Å². The number of hydrogen-bond acceptors (Lipinski definition) is 3. The maximum absolute atomic E-state index is 13.0. The van der Waals surface area contributed by atoms with E-state index in [1.807, 2.05) is 85.4 Å². The van der Waals surface area contributed by atoms with Crippen molar-refractivity contribution in [2.45, 2.75) is 26.3 Å². The average Bonchev–Trinajstić information content (AvgIpc) is 2.72. The molecule has 0 spiro atoms. The van der Waals surface area contributed by atoms with Crippen LogP contribution in [0.25, 0.3) is 0 Å². The Kier molecular flexibility index (Phi) is 6.02. The number of hydrogen-bond donors (Lipinski definition) is 1. The van der Waals surface area contributed by atoms with E-state index in [1.165, 1.54) is 0 Å². The zero-order valence-electron chi connectivity index (χ0n) is 16.9. The van der Waals surface area contributed by atoms with E-state index < -0.39 is 5.41 Å². The van der Waals surface area contributed by atoms with E-state index >= 15 is 0 Å². The zero-order chi connectivity index (χ0) is 20.1. The van der Waals surface area contributed by atoms with E-state index in [1.54, 1.807) is 0 Å². The number of amides is 2. The number of rotatable bonds is 5. The Labute approximate surface area is 167 Å². The Morgan fingerprint density at radius 1 is 1.11 bits per heavy atom. The van der Waals surface area contributed by atoms with Crippen LogP contribution in [0, 0.1) is 5.41 Å². The molecule has 28 heavy (non-hydrogen) atoms. The normalized spacial score (nSPS) is 19.2. The van der Waals surface area contributed by atoms with Crippen LogP contribution >= 0.6 is 0 Å². The van der Waals surface area contributed by atoms with Gasteiger partial charge < -0.3 is 15.1 Å². The van der Waals surface area contributed by atoms with Gasteiger partial charge in [0.15, 0.2) is 0 Å². The summed E-state index contributed by atoms with van der Waals surface area (Å²) < 4.78 is 0. The van der Waals surface area contributed by atoms with E-state index in [9.17, 15) is 9.59 Å². The van der Waals surface area contributed by atoms with Gasteiger partial charge in [0.05, 0.1) is 5.41 Å². The van der Waals surface area contributed by atoms with Crippen molar-refractivity contribution in [2.24, 2.45) is 5.41 Å². The fraction of sp³-hybridized carbons (Fsp3) is 0.391. The van der Waals surface area contributed by atoms with Gasteiger partial charge in [-0.25, -0.2) is 0 Å². The molecule has 1 aliphatic rings. The molecule has 0 radical (unpaired) electrons. The Balaban J connectivity index is 1.67. The summed E-state index contributed by atoms with van der Waals surface area (Å²) in [6, 6.07) is 17.5. The lowest BCUT2D eigenvalue weighted by Crippen LogP contribution is -2.51. The van der Waals surface area contributed by atoms with Gasteiger partial charge in [0.25, 0.3) is 5.91 Å². The predicted octanol–water partition coefficient (Wildman–Crippen LogP) is 3.31. The number of piperidine rings is 1. The summed E-state index contributed by atoms with van der Waals surface area (Å²) in [7, 11) is 3.91. The molecule has 2 aromatic carbocycles. The Bertz CT molecular complexity index is 835. The van der Waals surface area contributed by atoms with Crippen molar-refractivity contribution in [2.75, 3.05) is 32.1 Å². The maximum atomic E-state index is 13.0. The Morgan fingerprint density at radius 2 is 1.86 bits per heavy atom. The fourth-order valence-electron chi connectivity index (χ4n) is 3.69. The van der Waals surface area contributed by atoms with Gasteiger partial charge in [-0.05, 0) is 43.5 Å². The van der Waals surface area contributed by atoms with Crippen molar-refractivity contribution < 1.29 is 9.59 Å². The molecule has 0 aliphatic carbocycles. The lowest BCUT2D eigenvalue weighted by molar-refractivity contribution is -0.132. The zero-order valence-corrected chi connectivity index (χ0v) is 16.9. The Morgan fingerprint density at radius 3 is 2.57 bits per heavy atom. The van der Waals surface area contributed by atoms with E-state index in [4.69, 9.17) is 0 Å². The van der Waals surface area contributed by atoms with Crippen LogP contribution in [-0.2, 0) is 11.3 Å². The second-order valence-corrected chi connectivity index (χ2v) is 8.00. The summed E-state index contributed by atoms with van der Waals surface area (Å²) in [5.41, 5.74) is 2.16. The number of anilines is 1. The van der Waals surface area contributed by atoms with Gasteiger partial charge in [-0.2, -0.15) is 0 Å². The molecule has 2 amide bonds. The van der Waals surface area contributed by atoms with E-state index in [0.29, 0.717) is 25.2 Å². The van der Waals surface area contributed by atoms with Gasteiger partial charge in [-0.15, -0.1) is 0 Å². The molecule has 5 nitrogen and oxygen atoms in total. The first-order valence-corrected chi connectivity index (χ1v) is 9.78. The first-order chi connectivity index (χ1) is 13.4. The van der Waals surface area contributed by atoms with E-state index in [0.717, 1.165) is 24.1 Å². The van der Waals surface area contributed by atoms with E-state index in [-0.39, 0.29) is 11.8 Å². The summed E-state index contributed by atoms with van der Waals surface area (Å²) in [5.74, 6) is 0.00128. The quantitative estimate of drug-likeness (QED) is 0.867. The topological polar surface area (TPSA) is 52.7 Å². The summed E-state index contributed by atoms with van der Waals surface area (Å²) >= 11 is 0. The number of carbonyl (C=O) groups excluding carboxylic acids is 2. The minimum atomic E-state index is -0.568. The first kappa shape index (κ1) is 19.9. The van der Waals surface area contributed by atoms with Gasteiger partial charge >= 0.3 is 0 Å². The highest BCUT2D eigenvalue weighted by atomic mass is 16.2. The van der Waals surface area contributed by atoms with Crippen molar-refractivity contribution in [1.29, 1.82) is 0 Å². The second-order valence-electron chi connectivity index (χ2n) is 8.00. The van der Waals surface area contributed by atoms with Crippen molar-refractivity contribution in [3.8, 4) is 0 Å². The fourth-order valence-corrected chi connectivity index (χ4v) is 3.69. The summed E-state index contributed by atoms with van der Waals surface area (Å²) in [4.78, 5) is 29.7. The van der Waals surface area contributed by atoms with Crippen LogP contribution in [0.2, 0.25) is 0 Å². The second kappa shape index (κ2) is 8.46. The highest BCUT2D eigenvalue weighted by molar-refractivity contribution is 5.96. The van der Waals surface area contributed by atoms with Gasteiger partial charge in [0, 0.05) is 45.0 Å². The minimum Gasteiger partial charge on any atom is -0.378 e. The Hall–Kier alpha value is -2.82. The van der Waals surface area contributed by atoms with Crippen molar-refractivity contribution in [3.63, 3.8) is 0 Å². The highest BCUT2D eigenvalue weighted by Crippen LogP contribution is 2.31. The molecule has 1 heterocycles. The van der Waals surface area contributed by atoms with Gasteiger partial charge in [0.2, 0.25) is 5.91 Å². The van der Waals surface area contributed by atoms with Crippen LogP contribution in [0.3, 0.4) is 0 Å². The van der Waals surface area contributed by atoms with E-state index in [2.05, 4.69) is 5.32 Å².